The molecule has 5 heteroatoms. The van der Waals surface area contributed by atoms with Crippen molar-refractivity contribution in [2.24, 2.45) is 0 Å². The second-order valence-electron chi connectivity index (χ2n) is 8.12. The Morgan fingerprint density at radius 3 is 2.45 bits per heavy atom. The van der Waals surface area contributed by atoms with E-state index in [1.165, 1.54) is 48.2 Å². The van der Waals surface area contributed by atoms with Crippen molar-refractivity contribution < 1.29 is 14.3 Å². The van der Waals surface area contributed by atoms with E-state index in [0.717, 1.165) is 40.9 Å². The van der Waals surface area contributed by atoms with Crippen molar-refractivity contribution in [3.05, 3.63) is 41.5 Å². The van der Waals surface area contributed by atoms with E-state index in [4.69, 9.17) is 9.47 Å². The molecule has 150 valence electrons. The molecule has 2 heterocycles. The molecule has 1 amide bonds. The molecule has 0 saturated carbocycles. The summed E-state index contributed by atoms with van der Waals surface area (Å²) in [6, 6.07) is 11.1. The minimum atomic E-state index is -0.0625. The lowest BCUT2D eigenvalue weighted by Gasteiger charge is -2.33. The van der Waals surface area contributed by atoms with Crippen molar-refractivity contribution in [1.29, 1.82) is 0 Å². The molecule has 3 aromatic rings. The summed E-state index contributed by atoms with van der Waals surface area (Å²) in [7, 11) is 3.35. The fraction of sp³-hybridized carbons (Fsp3) is 0.375. The Bertz CT molecular complexity index is 1140. The molecule has 5 rings (SSSR count). The highest BCUT2D eigenvalue weighted by Crippen LogP contribution is 2.44. The van der Waals surface area contributed by atoms with Gasteiger partial charge in [-0.2, -0.15) is 0 Å². The summed E-state index contributed by atoms with van der Waals surface area (Å²) in [5, 5.41) is 7.71. The van der Waals surface area contributed by atoms with Gasteiger partial charge in [0.2, 0.25) is 5.91 Å². The smallest absolute Gasteiger partial charge is 0.221 e. The number of hydrogen-bond acceptors (Lipinski definition) is 4. The zero-order chi connectivity index (χ0) is 20.1. The number of methoxy groups -OCH3 is 2. The average Bonchev–Trinajstić information content (AvgIpc) is 3.18. The molecule has 0 bridgehead atoms. The van der Waals surface area contributed by atoms with Crippen LogP contribution in [-0.2, 0) is 17.8 Å². The Kier molecular flexibility index (Phi) is 4.36. The average molecular weight is 390 g/mol. The third-order valence-corrected chi connectivity index (χ3v) is 6.47. The van der Waals surface area contributed by atoms with Crippen molar-refractivity contribution in [3.8, 4) is 11.5 Å². The van der Waals surface area contributed by atoms with E-state index in [2.05, 4.69) is 34.5 Å². The largest absolute Gasteiger partial charge is 0.493 e. The Morgan fingerprint density at radius 2 is 1.72 bits per heavy atom. The van der Waals surface area contributed by atoms with Gasteiger partial charge >= 0.3 is 0 Å². The SMILES string of the molecule is COc1cc2c3c(c4ccc(NC(C)=O)cc4c2cc1OC)C[C@@H]1CCCN1C3. The van der Waals surface area contributed by atoms with E-state index in [-0.39, 0.29) is 5.91 Å². The van der Waals surface area contributed by atoms with Gasteiger partial charge in [0, 0.05) is 25.2 Å². The number of carbonyl (C=O) groups excluding carboxylic acids is 1. The van der Waals surface area contributed by atoms with Gasteiger partial charge in [-0.05, 0) is 82.7 Å². The number of benzene rings is 3. The first kappa shape index (κ1) is 18.3. The molecule has 2 aliphatic rings. The van der Waals surface area contributed by atoms with Gasteiger partial charge in [0.1, 0.15) is 0 Å². The van der Waals surface area contributed by atoms with E-state index in [1.807, 2.05) is 6.07 Å². The third-order valence-electron chi connectivity index (χ3n) is 6.47. The molecular weight excluding hydrogens is 364 g/mol. The number of nitrogens with zero attached hydrogens (tertiary/aromatic N) is 1. The van der Waals surface area contributed by atoms with Crippen molar-refractivity contribution in [1.82, 2.24) is 4.90 Å². The molecule has 0 spiro atoms. The quantitative estimate of drug-likeness (QED) is 0.670. The Labute approximate surface area is 170 Å². The van der Waals surface area contributed by atoms with Gasteiger partial charge in [0.05, 0.1) is 14.2 Å². The van der Waals surface area contributed by atoms with Gasteiger partial charge in [0.25, 0.3) is 0 Å². The molecule has 0 aliphatic carbocycles. The zero-order valence-electron chi connectivity index (χ0n) is 17.2. The molecule has 1 atom stereocenters. The first-order valence-electron chi connectivity index (χ1n) is 10.2. The fourth-order valence-corrected chi connectivity index (χ4v) is 5.17. The number of nitrogens with one attached hydrogen (secondary N) is 1. The van der Waals surface area contributed by atoms with Gasteiger partial charge in [0.15, 0.2) is 11.5 Å². The van der Waals surface area contributed by atoms with Crippen LogP contribution < -0.4 is 14.8 Å². The van der Waals surface area contributed by atoms with Crippen LogP contribution in [0.4, 0.5) is 5.69 Å². The van der Waals surface area contributed by atoms with Crippen molar-refractivity contribution >= 4 is 33.1 Å². The monoisotopic (exact) mass is 390 g/mol. The fourth-order valence-electron chi connectivity index (χ4n) is 5.17. The first-order chi connectivity index (χ1) is 14.1. The van der Waals surface area contributed by atoms with Crippen LogP contribution in [0.25, 0.3) is 21.5 Å². The lowest BCUT2D eigenvalue weighted by Crippen LogP contribution is -2.35. The number of rotatable bonds is 3. The van der Waals surface area contributed by atoms with E-state index < -0.39 is 0 Å². The van der Waals surface area contributed by atoms with Crippen molar-refractivity contribution in [2.45, 2.75) is 38.8 Å². The van der Waals surface area contributed by atoms with Crippen molar-refractivity contribution in [2.75, 3.05) is 26.1 Å². The van der Waals surface area contributed by atoms with E-state index >= 15 is 0 Å². The number of ether oxygens (including phenoxy) is 2. The van der Waals surface area contributed by atoms with Gasteiger partial charge in [-0.3, -0.25) is 9.69 Å². The van der Waals surface area contributed by atoms with E-state index in [1.54, 1.807) is 14.2 Å². The summed E-state index contributed by atoms with van der Waals surface area (Å²) in [4.78, 5) is 14.2. The van der Waals surface area contributed by atoms with Crippen LogP contribution in [0.1, 0.15) is 30.9 Å². The lowest BCUT2D eigenvalue weighted by molar-refractivity contribution is -0.114. The van der Waals surface area contributed by atoms with E-state index in [0.29, 0.717) is 6.04 Å². The second kappa shape index (κ2) is 6.92. The molecule has 3 aromatic carbocycles. The number of amides is 1. The van der Waals surface area contributed by atoms with Crippen LogP contribution in [0.15, 0.2) is 30.3 Å². The minimum absolute atomic E-state index is 0.0625. The Hall–Kier alpha value is -2.79. The summed E-state index contributed by atoms with van der Waals surface area (Å²) >= 11 is 0. The van der Waals surface area contributed by atoms with Gasteiger partial charge in [-0.15, -0.1) is 0 Å². The molecule has 1 N–H and O–H groups in total. The maximum atomic E-state index is 11.6. The standard InChI is InChI=1S/C24H26N2O3/c1-14(27)25-15-6-7-17-18(9-15)20-11-23(28-2)24(29-3)12-21(20)22-13-26-8-4-5-16(26)10-19(17)22/h6-7,9,11-12,16H,4-5,8,10,13H2,1-3H3,(H,25,27)/t16-/m0/s1. The Balaban J connectivity index is 1.84. The minimum Gasteiger partial charge on any atom is -0.493 e. The third kappa shape index (κ3) is 2.92. The van der Waals surface area contributed by atoms with Gasteiger partial charge < -0.3 is 14.8 Å². The molecule has 0 unspecified atom stereocenters. The van der Waals surface area contributed by atoms with Crippen LogP contribution in [-0.4, -0.2) is 37.6 Å². The molecular formula is C24H26N2O3. The van der Waals surface area contributed by atoms with Crippen LogP contribution >= 0.6 is 0 Å². The second-order valence-corrected chi connectivity index (χ2v) is 8.12. The molecule has 0 aromatic heterocycles. The lowest BCUT2D eigenvalue weighted by atomic mass is 9.85. The molecule has 1 saturated heterocycles. The number of fused-ring (bicyclic) bond motifs is 7. The van der Waals surface area contributed by atoms with Gasteiger partial charge in [-0.25, -0.2) is 0 Å². The predicted molar refractivity (Wildman–Crippen MR) is 116 cm³/mol. The maximum absolute atomic E-state index is 11.6. The zero-order valence-corrected chi connectivity index (χ0v) is 17.2. The van der Waals surface area contributed by atoms with Crippen LogP contribution in [0.5, 0.6) is 11.5 Å². The molecule has 0 radical (unpaired) electrons. The highest BCUT2D eigenvalue weighted by Gasteiger charge is 2.32. The summed E-state index contributed by atoms with van der Waals surface area (Å²) in [5.74, 6) is 1.41. The highest BCUT2D eigenvalue weighted by molar-refractivity contribution is 6.13. The summed E-state index contributed by atoms with van der Waals surface area (Å²) in [6.45, 7) is 3.70. The summed E-state index contributed by atoms with van der Waals surface area (Å²) in [6.07, 6.45) is 3.63. The summed E-state index contributed by atoms with van der Waals surface area (Å²) < 4.78 is 11.2. The number of carbonyl (C=O) groups is 1. The first-order valence-corrected chi connectivity index (χ1v) is 10.2. The molecule has 1 fully saturated rings. The van der Waals surface area contributed by atoms with Gasteiger partial charge in [-0.1, -0.05) is 6.07 Å². The maximum Gasteiger partial charge on any atom is 0.221 e. The topological polar surface area (TPSA) is 50.8 Å². The highest BCUT2D eigenvalue weighted by atomic mass is 16.5. The van der Waals surface area contributed by atoms with Crippen LogP contribution in [0.2, 0.25) is 0 Å². The number of anilines is 1. The van der Waals surface area contributed by atoms with Crippen LogP contribution in [0.3, 0.4) is 0 Å². The van der Waals surface area contributed by atoms with E-state index in [9.17, 15) is 4.79 Å². The number of hydrogen-bond donors (Lipinski definition) is 1. The Morgan fingerprint density at radius 1 is 1.00 bits per heavy atom. The van der Waals surface area contributed by atoms with Crippen molar-refractivity contribution in [3.63, 3.8) is 0 Å². The molecule has 29 heavy (non-hydrogen) atoms. The summed E-state index contributed by atoms with van der Waals surface area (Å²) in [5.41, 5.74) is 3.66. The van der Waals surface area contributed by atoms with Crippen LogP contribution in [0, 0.1) is 0 Å². The molecule has 5 nitrogen and oxygen atoms in total. The molecule has 2 aliphatic heterocycles. The normalized spacial score (nSPS) is 18.5. The predicted octanol–water partition coefficient (Wildman–Crippen LogP) is 4.49.